The fourth-order valence-corrected chi connectivity index (χ4v) is 4.60. The Morgan fingerprint density at radius 2 is 2.15 bits per heavy atom. The molecule has 0 aliphatic carbocycles. The minimum Gasteiger partial charge on any atom is -0.480 e. The van der Waals surface area contributed by atoms with Crippen molar-refractivity contribution >= 4 is 33.6 Å². The number of carboxylic acids is 1. The monoisotopic (exact) mass is 326 g/mol. The van der Waals surface area contributed by atoms with E-state index in [4.69, 9.17) is 10.2 Å². The molecular weight excluding hydrogens is 308 g/mol. The van der Waals surface area contributed by atoms with Gasteiger partial charge in [-0.3, -0.25) is 0 Å². The van der Waals surface area contributed by atoms with Crippen molar-refractivity contribution in [1.29, 1.82) is 0 Å². The van der Waals surface area contributed by atoms with Gasteiger partial charge in [-0.25, -0.2) is 18.0 Å². The van der Waals surface area contributed by atoms with Crippen LogP contribution >= 0.6 is 11.8 Å². The highest BCUT2D eigenvalue weighted by atomic mass is 32.2. The van der Waals surface area contributed by atoms with Crippen LogP contribution < -0.4 is 5.32 Å². The van der Waals surface area contributed by atoms with Crippen molar-refractivity contribution in [3.05, 3.63) is 0 Å². The molecule has 2 amide bonds. The number of hydrogen-bond acceptors (Lipinski definition) is 6. The summed E-state index contributed by atoms with van der Waals surface area (Å²) in [5, 5.41) is 19.0. The number of aliphatic carboxylic acids is 1. The van der Waals surface area contributed by atoms with Gasteiger partial charge in [0.1, 0.15) is 11.4 Å². The molecule has 1 rings (SSSR count). The van der Waals surface area contributed by atoms with Gasteiger partial charge in [0.25, 0.3) is 0 Å². The Labute approximate surface area is 121 Å². The summed E-state index contributed by atoms with van der Waals surface area (Å²) in [5.74, 6) is -0.407. The van der Waals surface area contributed by atoms with E-state index in [9.17, 15) is 18.0 Å². The standard InChI is InChI=1S/C10H18N2O6S2/c1-20(17,18)8-6-19-5-3-12(8)10(16)11-7(2-4-13)9(14)15/h7-8,13H,2-6H2,1H3,(H,11,16)(H,14,15). The molecule has 1 fully saturated rings. The maximum atomic E-state index is 12.0. The lowest BCUT2D eigenvalue weighted by molar-refractivity contribution is -0.139. The molecule has 0 aromatic heterocycles. The van der Waals surface area contributed by atoms with E-state index < -0.39 is 33.3 Å². The number of carboxylic acid groups (broad SMARTS) is 1. The van der Waals surface area contributed by atoms with E-state index >= 15 is 0 Å². The number of aliphatic hydroxyl groups excluding tert-OH is 1. The Kier molecular flexibility index (Phi) is 6.08. The molecule has 1 heterocycles. The van der Waals surface area contributed by atoms with Crippen LogP contribution in [-0.2, 0) is 14.6 Å². The van der Waals surface area contributed by atoms with Crippen LogP contribution in [0.3, 0.4) is 0 Å². The largest absolute Gasteiger partial charge is 0.480 e. The number of amides is 2. The van der Waals surface area contributed by atoms with Gasteiger partial charge in [-0.05, 0) is 0 Å². The second-order valence-electron chi connectivity index (χ2n) is 4.41. The molecule has 1 saturated heterocycles. The molecule has 2 atom stereocenters. The topological polar surface area (TPSA) is 124 Å². The van der Waals surface area contributed by atoms with E-state index in [0.29, 0.717) is 5.75 Å². The molecule has 2 unspecified atom stereocenters. The van der Waals surface area contributed by atoms with E-state index in [1.54, 1.807) is 0 Å². The number of rotatable bonds is 5. The number of nitrogens with one attached hydrogen (secondary N) is 1. The lowest BCUT2D eigenvalue weighted by Crippen LogP contribution is -2.56. The summed E-state index contributed by atoms with van der Waals surface area (Å²) in [7, 11) is -3.44. The molecule has 0 bridgehead atoms. The van der Waals surface area contributed by atoms with Gasteiger partial charge in [-0.15, -0.1) is 0 Å². The smallest absolute Gasteiger partial charge is 0.326 e. The molecule has 10 heteroatoms. The summed E-state index contributed by atoms with van der Waals surface area (Å²) in [6.07, 6.45) is 0.916. The average Bonchev–Trinajstić information content (AvgIpc) is 2.37. The lowest BCUT2D eigenvalue weighted by atomic mass is 10.2. The third-order valence-electron chi connectivity index (χ3n) is 2.85. The Morgan fingerprint density at radius 1 is 1.50 bits per heavy atom. The third kappa shape index (κ3) is 4.53. The van der Waals surface area contributed by atoms with E-state index in [0.717, 1.165) is 11.2 Å². The molecule has 1 aliphatic rings. The second kappa shape index (κ2) is 7.14. The molecule has 0 radical (unpaired) electrons. The number of carbonyl (C=O) groups excluding carboxylic acids is 1. The summed E-state index contributed by atoms with van der Waals surface area (Å²) >= 11 is 1.43. The van der Waals surface area contributed by atoms with Crippen LogP contribution in [0.25, 0.3) is 0 Å². The summed E-state index contributed by atoms with van der Waals surface area (Å²) in [4.78, 5) is 24.1. The van der Waals surface area contributed by atoms with Gasteiger partial charge in [-0.2, -0.15) is 11.8 Å². The van der Waals surface area contributed by atoms with Crippen molar-refractivity contribution in [1.82, 2.24) is 10.2 Å². The number of nitrogens with zero attached hydrogens (tertiary/aromatic N) is 1. The van der Waals surface area contributed by atoms with Crippen LogP contribution in [0.1, 0.15) is 6.42 Å². The van der Waals surface area contributed by atoms with E-state index in [2.05, 4.69) is 5.32 Å². The molecule has 20 heavy (non-hydrogen) atoms. The average molecular weight is 326 g/mol. The van der Waals surface area contributed by atoms with Gasteiger partial charge in [0.05, 0.1) is 0 Å². The van der Waals surface area contributed by atoms with Gasteiger partial charge < -0.3 is 20.4 Å². The fraction of sp³-hybridized carbons (Fsp3) is 0.800. The van der Waals surface area contributed by atoms with Gasteiger partial charge in [-0.1, -0.05) is 0 Å². The van der Waals surface area contributed by atoms with Crippen LogP contribution in [0.4, 0.5) is 4.79 Å². The van der Waals surface area contributed by atoms with Crippen molar-refractivity contribution < 1.29 is 28.2 Å². The summed E-state index contributed by atoms with van der Waals surface area (Å²) in [6, 6.07) is -1.97. The van der Waals surface area contributed by atoms with Crippen LogP contribution in [0, 0.1) is 0 Å². The molecule has 116 valence electrons. The van der Waals surface area contributed by atoms with E-state index in [-0.39, 0.29) is 25.3 Å². The number of carbonyl (C=O) groups is 2. The highest BCUT2D eigenvalue weighted by Crippen LogP contribution is 2.20. The first-order chi connectivity index (χ1) is 9.27. The Balaban J connectivity index is 2.80. The number of aliphatic hydroxyl groups is 1. The maximum absolute atomic E-state index is 12.0. The van der Waals surface area contributed by atoms with Gasteiger partial charge >= 0.3 is 12.0 Å². The zero-order valence-electron chi connectivity index (χ0n) is 11.0. The molecule has 8 nitrogen and oxygen atoms in total. The predicted octanol–water partition coefficient (Wildman–Crippen LogP) is -1.05. The number of hydrogen-bond donors (Lipinski definition) is 3. The summed E-state index contributed by atoms with van der Waals surface area (Å²) < 4.78 is 23.3. The summed E-state index contributed by atoms with van der Waals surface area (Å²) in [5.41, 5.74) is 0. The van der Waals surface area contributed by atoms with Gasteiger partial charge in [0.2, 0.25) is 0 Å². The Hall–Kier alpha value is -1.00. The zero-order valence-corrected chi connectivity index (χ0v) is 12.6. The van der Waals surface area contributed by atoms with Crippen LogP contribution in [0.15, 0.2) is 0 Å². The molecule has 3 N–H and O–H groups in total. The SMILES string of the molecule is CS(=O)(=O)C1CSCCN1C(=O)NC(CCO)C(=O)O. The second-order valence-corrected chi connectivity index (χ2v) is 7.76. The van der Waals surface area contributed by atoms with E-state index in [1.807, 2.05) is 0 Å². The highest BCUT2D eigenvalue weighted by molar-refractivity contribution is 8.00. The number of urea groups is 1. The normalized spacial score (nSPS) is 21.3. The van der Waals surface area contributed by atoms with E-state index in [1.165, 1.54) is 11.8 Å². The zero-order chi connectivity index (χ0) is 15.3. The predicted molar refractivity (Wildman–Crippen MR) is 74.3 cm³/mol. The van der Waals surface area contributed by atoms with Gasteiger partial charge in [0.15, 0.2) is 9.84 Å². The Bertz CT molecular complexity index is 466. The van der Waals surface area contributed by atoms with Crippen molar-refractivity contribution in [3.8, 4) is 0 Å². The highest BCUT2D eigenvalue weighted by Gasteiger charge is 2.35. The van der Waals surface area contributed by atoms with Crippen LogP contribution in [0.5, 0.6) is 0 Å². The van der Waals surface area contributed by atoms with Crippen molar-refractivity contribution in [2.45, 2.75) is 17.8 Å². The van der Waals surface area contributed by atoms with Crippen LogP contribution in [-0.4, -0.2) is 77.9 Å². The first kappa shape index (κ1) is 17.1. The summed E-state index contributed by atoms with van der Waals surface area (Å²) in [6.45, 7) is -0.150. The first-order valence-corrected chi connectivity index (χ1v) is 9.05. The molecule has 1 aliphatic heterocycles. The third-order valence-corrected chi connectivity index (χ3v) is 5.50. The fourth-order valence-electron chi connectivity index (χ4n) is 1.79. The van der Waals surface area contributed by atoms with Crippen molar-refractivity contribution in [2.75, 3.05) is 30.9 Å². The Morgan fingerprint density at radius 3 is 2.65 bits per heavy atom. The molecule has 0 aromatic rings. The molecular formula is C10H18N2O6S2. The minimum atomic E-state index is -3.44. The molecule has 0 aromatic carbocycles. The maximum Gasteiger partial charge on any atom is 0.326 e. The number of sulfone groups is 1. The number of thioether (sulfide) groups is 1. The lowest BCUT2D eigenvalue weighted by Gasteiger charge is -2.34. The first-order valence-electron chi connectivity index (χ1n) is 5.94. The van der Waals surface area contributed by atoms with Gasteiger partial charge in [0, 0.05) is 37.3 Å². The van der Waals surface area contributed by atoms with Crippen LogP contribution in [0.2, 0.25) is 0 Å². The molecule has 0 saturated carbocycles. The van der Waals surface area contributed by atoms with Crippen molar-refractivity contribution in [3.63, 3.8) is 0 Å². The minimum absolute atomic E-state index is 0.132. The quantitative estimate of drug-likeness (QED) is 0.589. The molecule has 0 spiro atoms. The van der Waals surface area contributed by atoms with Crippen molar-refractivity contribution in [2.24, 2.45) is 0 Å².